The number of amides is 1. The van der Waals surface area contributed by atoms with Crippen LogP contribution in [0.1, 0.15) is 19.3 Å². The first-order valence-corrected chi connectivity index (χ1v) is 6.62. The number of carbonyl (C=O) groups is 1. The van der Waals surface area contributed by atoms with Gasteiger partial charge in [0, 0.05) is 12.2 Å². The molecule has 3 rings (SSSR count). The summed E-state index contributed by atoms with van der Waals surface area (Å²) in [5, 5.41) is 6.94. The van der Waals surface area contributed by atoms with E-state index >= 15 is 0 Å². The highest BCUT2D eigenvalue weighted by Gasteiger charge is 2.30. The van der Waals surface area contributed by atoms with Crippen LogP contribution in [0.2, 0.25) is 0 Å². The Morgan fingerprint density at radius 1 is 1.45 bits per heavy atom. The summed E-state index contributed by atoms with van der Waals surface area (Å²) in [5.41, 5.74) is 6.58. The molecule has 0 aromatic carbocycles. The molecule has 20 heavy (non-hydrogen) atoms. The number of pyridine rings is 1. The maximum absolute atomic E-state index is 12.3. The second kappa shape index (κ2) is 5.38. The quantitative estimate of drug-likeness (QED) is 0.858. The van der Waals surface area contributed by atoms with Crippen molar-refractivity contribution in [1.82, 2.24) is 19.7 Å². The summed E-state index contributed by atoms with van der Waals surface area (Å²) in [6, 6.07) is 3.51. The van der Waals surface area contributed by atoms with Crippen LogP contribution < -0.4 is 11.1 Å². The largest absolute Gasteiger partial charge is 0.327 e. The number of carbonyl (C=O) groups excluding carboxylic acids is 1. The lowest BCUT2D eigenvalue weighted by Crippen LogP contribution is -2.34. The Labute approximate surface area is 116 Å². The molecule has 2 atom stereocenters. The van der Waals surface area contributed by atoms with Gasteiger partial charge in [-0.05, 0) is 25.0 Å². The van der Waals surface area contributed by atoms with Gasteiger partial charge in [0.05, 0.1) is 11.6 Å². The molecule has 0 spiro atoms. The maximum atomic E-state index is 12.3. The van der Waals surface area contributed by atoms with Crippen molar-refractivity contribution in [3.63, 3.8) is 0 Å². The minimum atomic E-state index is -0.126. The minimum Gasteiger partial charge on any atom is -0.327 e. The van der Waals surface area contributed by atoms with Gasteiger partial charge in [-0.15, -0.1) is 0 Å². The highest BCUT2D eigenvalue weighted by Crippen LogP contribution is 2.26. The summed E-state index contributed by atoms with van der Waals surface area (Å²) in [6.07, 6.45) is 7.36. The SMILES string of the molecule is NC1CCCC1C(=O)Nc1cccnc1-n1cncn1. The van der Waals surface area contributed by atoms with E-state index in [-0.39, 0.29) is 17.9 Å². The van der Waals surface area contributed by atoms with E-state index in [1.165, 1.54) is 11.0 Å². The summed E-state index contributed by atoms with van der Waals surface area (Å²) in [4.78, 5) is 20.4. The van der Waals surface area contributed by atoms with Crippen LogP contribution >= 0.6 is 0 Å². The van der Waals surface area contributed by atoms with Gasteiger partial charge in [-0.1, -0.05) is 6.42 Å². The van der Waals surface area contributed by atoms with E-state index in [0.717, 1.165) is 19.3 Å². The molecule has 0 aliphatic heterocycles. The van der Waals surface area contributed by atoms with Crippen LogP contribution in [0.4, 0.5) is 5.69 Å². The lowest BCUT2D eigenvalue weighted by atomic mass is 10.0. The molecule has 1 amide bonds. The third-order valence-corrected chi connectivity index (χ3v) is 3.59. The standard InChI is InChI=1S/C13H16N6O/c14-10-4-1-3-9(10)13(20)18-11-5-2-6-16-12(11)19-8-15-7-17-19/h2,5-10H,1,3-4,14H2,(H,18,20). The first kappa shape index (κ1) is 12.7. The van der Waals surface area contributed by atoms with Crippen molar-refractivity contribution in [2.24, 2.45) is 11.7 Å². The van der Waals surface area contributed by atoms with E-state index in [2.05, 4.69) is 20.4 Å². The predicted molar refractivity (Wildman–Crippen MR) is 73.1 cm³/mol. The number of anilines is 1. The summed E-state index contributed by atoms with van der Waals surface area (Å²) in [7, 11) is 0. The summed E-state index contributed by atoms with van der Waals surface area (Å²) >= 11 is 0. The average Bonchev–Trinajstić information content (AvgIpc) is 3.10. The fraction of sp³-hybridized carbons (Fsp3) is 0.385. The molecule has 2 aromatic rings. The van der Waals surface area contributed by atoms with Gasteiger partial charge >= 0.3 is 0 Å². The first-order valence-electron chi connectivity index (χ1n) is 6.62. The van der Waals surface area contributed by atoms with Gasteiger partial charge < -0.3 is 11.1 Å². The summed E-state index contributed by atoms with van der Waals surface area (Å²) < 4.78 is 1.52. The molecule has 3 N–H and O–H groups in total. The summed E-state index contributed by atoms with van der Waals surface area (Å²) in [5.74, 6) is 0.369. The summed E-state index contributed by atoms with van der Waals surface area (Å²) in [6.45, 7) is 0. The zero-order valence-corrected chi connectivity index (χ0v) is 10.9. The fourth-order valence-corrected chi connectivity index (χ4v) is 2.53. The van der Waals surface area contributed by atoms with E-state index in [1.54, 1.807) is 24.7 Å². The van der Waals surface area contributed by atoms with Crippen molar-refractivity contribution < 1.29 is 4.79 Å². The number of nitrogens with zero attached hydrogens (tertiary/aromatic N) is 4. The molecular formula is C13H16N6O. The van der Waals surface area contributed by atoms with Gasteiger partial charge in [0.1, 0.15) is 12.7 Å². The van der Waals surface area contributed by atoms with Crippen LogP contribution in [-0.2, 0) is 4.79 Å². The van der Waals surface area contributed by atoms with Crippen LogP contribution in [0.3, 0.4) is 0 Å². The Kier molecular flexibility index (Phi) is 3.42. The number of hydrogen-bond acceptors (Lipinski definition) is 5. The van der Waals surface area contributed by atoms with Crippen LogP contribution in [0.15, 0.2) is 31.0 Å². The molecule has 1 aliphatic rings. The Morgan fingerprint density at radius 3 is 3.05 bits per heavy atom. The van der Waals surface area contributed by atoms with E-state index in [9.17, 15) is 4.79 Å². The maximum Gasteiger partial charge on any atom is 0.229 e. The van der Waals surface area contributed by atoms with Crippen molar-refractivity contribution in [3.05, 3.63) is 31.0 Å². The number of nitrogens with one attached hydrogen (secondary N) is 1. The molecule has 2 heterocycles. The normalized spacial score (nSPS) is 21.9. The molecule has 104 valence electrons. The van der Waals surface area contributed by atoms with Gasteiger partial charge in [0.15, 0.2) is 5.82 Å². The van der Waals surface area contributed by atoms with Crippen molar-refractivity contribution in [2.45, 2.75) is 25.3 Å². The van der Waals surface area contributed by atoms with Crippen LogP contribution in [0, 0.1) is 5.92 Å². The van der Waals surface area contributed by atoms with Crippen molar-refractivity contribution in [1.29, 1.82) is 0 Å². The average molecular weight is 272 g/mol. The Hall–Kier alpha value is -2.28. The molecular weight excluding hydrogens is 256 g/mol. The van der Waals surface area contributed by atoms with Crippen molar-refractivity contribution >= 4 is 11.6 Å². The molecule has 0 radical (unpaired) electrons. The van der Waals surface area contributed by atoms with Crippen LogP contribution in [-0.4, -0.2) is 31.7 Å². The second-order valence-electron chi connectivity index (χ2n) is 4.91. The fourth-order valence-electron chi connectivity index (χ4n) is 2.53. The van der Waals surface area contributed by atoms with E-state index < -0.39 is 0 Å². The smallest absolute Gasteiger partial charge is 0.229 e. The molecule has 0 saturated heterocycles. The zero-order valence-electron chi connectivity index (χ0n) is 10.9. The Morgan fingerprint density at radius 2 is 2.35 bits per heavy atom. The van der Waals surface area contributed by atoms with Gasteiger partial charge in [0.25, 0.3) is 0 Å². The van der Waals surface area contributed by atoms with Gasteiger partial charge in [-0.25, -0.2) is 14.6 Å². The molecule has 2 aromatic heterocycles. The lowest BCUT2D eigenvalue weighted by molar-refractivity contribution is -0.120. The third kappa shape index (κ3) is 2.39. The first-order chi connectivity index (χ1) is 9.75. The number of aromatic nitrogens is 4. The van der Waals surface area contributed by atoms with E-state index in [4.69, 9.17) is 5.73 Å². The number of nitrogens with two attached hydrogens (primary N) is 1. The zero-order chi connectivity index (χ0) is 13.9. The van der Waals surface area contributed by atoms with Crippen molar-refractivity contribution in [2.75, 3.05) is 5.32 Å². The minimum absolute atomic E-state index is 0.0515. The molecule has 1 fully saturated rings. The topological polar surface area (TPSA) is 98.7 Å². The van der Waals surface area contributed by atoms with E-state index in [0.29, 0.717) is 11.5 Å². The molecule has 2 unspecified atom stereocenters. The monoisotopic (exact) mass is 272 g/mol. The second-order valence-corrected chi connectivity index (χ2v) is 4.91. The number of rotatable bonds is 3. The third-order valence-electron chi connectivity index (χ3n) is 3.59. The molecule has 1 saturated carbocycles. The Bertz CT molecular complexity index is 597. The number of hydrogen-bond donors (Lipinski definition) is 2. The Balaban J connectivity index is 1.83. The van der Waals surface area contributed by atoms with Crippen LogP contribution in [0.25, 0.3) is 5.82 Å². The lowest BCUT2D eigenvalue weighted by Gasteiger charge is -2.16. The highest BCUT2D eigenvalue weighted by molar-refractivity contribution is 5.94. The highest BCUT2D eigenvalue weighted by atomic mass is 16.1. The van der Waals surface area contributed by atoms with Gasteiger partial charge in [0.2, 0.25) is 5.91 Å². The van der Waals surface area contributed by atoms with Crippen molar-refractivity contribution in [3.8, 4) is 5.82 Å². The molecule has 0 bridgehead atoms. The van der Waals surface area contributed by atoms with Gasteiger partial charge in [-0.3, -0.25) is 4.79 Å². The predicted octanol–water partition coefficient (Wildman–Crippen LogP) is 0.728. The van der Waals surface area contributed by atoms with Gasteiger partial charge in [-0.2, -0.15) is 5.10 Å². The molecule has 1 aliphatic carbocycles. The van der Waals surface area contributed by atoms with Crippen LogP contribution in [0.5, 0.6) is 0 Å². The molecule has 7 nitrogen and oxygen atoms in total. The molecule has 7 heteroatoms. The van der Waals surface area contributed by atoms with E-state index in [1.807, 2.05) is 0 Å².